The number of halogens is 2. The number of alkyl carbamates (subject to hydrolysis) is 1. The molecule has 0 aliphatic rings. The highest BCUT2D eigenvalue weighted by Crippen LogP contribution is 2.22. The van der Waals surface area contributed by atoms with Gasteiger partial charge in [0.1, 0.15) is 11.4 Å². The fraction of sp³-hybridized carbons (Fsp3) is 0.533. The summed E-state index contributed by atoms with van der Waals surface area (Å²) in [6.45, 7) is 8.12. The predicted molar refractivity (Wildman–Crippen MR) is 82.1 cm³/mol. The van der Waals surface area contributed by atoms with Gasteiger partial charge in [-0.05, 0) is 33.8 Å². The first-order valence-electron chi connectivity index (χ1n) is 6.85. The summed E-state index contributed by atoms with van der Waals surface area (Å²) in [4.78, 5) is 11.4. The summed E-state index contributed by atoms with van der Waals surface area (Å²) in [6.07, 6.45) is -0.467. The van der Waals surface area contributed by atoms with Crippen molar-refractivity contribution in [1.29, 1.82) is 0 Å². The maximum absolute atomic E-state index is 13.8. The molecule has 0 heterocycles. The number of benzene rings is 1. The SMILES string of the molecule is CC(NCCNC(=O)OC(C)(C)C)c1cccc(Cl)c1F. The van der Waals surface area contributed by atoms with Crippen LogP contribution in [0.3, 0.4) is 0 Å². The second-order valence-electron chi connectivity index (χ2n) is 5.75. The third-order valence-corrected chi connectivity index (χ3v) is 2.98. The van der Waals surface area contributed by atoms with Crippen LogP contribution in [0.5, 0.6) is 0 Å². The van der Waals surface area contributed by atoms with Gasteiger partial charge >= 0.3 is 6.09 Å². The molecule has 21 heavy (non-hydrogen) atoms. The Hall–Kier alpha value is -1.33. The van der Waals surface area contributed by atoms with Crippen molar-refractivity contribution in [2.45, 2.75) is 39.3 Å². The van der Waals surface area contributed by atoms with Gasteiger partial charge in [0, 0.05) is 24.7 Å². The quantitative estimate of drug-likeness (QED) is 0.815. The molecule has 1 unspecified atom stereocenters. The number of ether oxygens (including phenoxy) is 1. The molecule has 4 nitrogen and oxygen atoms in total. The van der Waals surface area contributed by atoms with Crippen LogP contribution in [0.4, 0.5) is 9.18 Å². The van der Waals surface area contributed by atoms with E-state index in [0.717, 1.165) is 0 Å². The van der Waals surface area contributed by atoms with E-state index in [2.05, 4.69) is 10.6 Å². The topological polar surface area (TPSA) is 50.4 Å². The van der Waals surface area contributed by atoms with Gasteiger partial charge in [0.15, 0.2) is 0 Å². The van der Waals surface area contributed by atoms with E-state index in [9.17, 15) is 9.18 Å². The highest BCUT2D eigenvalue weighted by Gasteiger charge is 2.16. The van der Waals surface area contributed by atoms with Gasteiger partial charge in [-0.1, -0.05) is 23.7 Å². The first kappa shape index (κ1) is 17.7. The van der Waals surface area contributed by atoms with Gasteiger partial charge in [-0.3, -0.25) is 0 Å². The number of nitrogens with one attached hydrogen (secondary N) is 2. The molecule has 118 valence electrons. The normalized spacial score (nSPS) is 12.9. The van der Waals surface area contributed by atoms with Crippen LogP contribution in [0.1, 0.15) is 39.3 Å². The van der Waals surface area contributed by atoms with Gasteiger partial charge in [-0.15, -0.1) is 0 Å². The summed E-state index contributed by atoms with van der Waals surface area (Å²) in [6, 6.07) is 4.69. The van der Waals surface area contributed by atoms with Crippen molar-refractivity contribution < 1.29 is 13.9 Å². The highest BCUT2D eigenvalue weighted by molar-refractivity contribution is 6.30. The van der Waals surface area contributed by atoms with E-state index >= 15 is 0 Å². The van der Waals surface area contributed by atoms with Crippen LogP contribution in [-0.4, -0.2) is 24.8 Å². The zero-order chi connectivity index (χ0) is 16.0. The minimum atomic E-state index is -0.519. The molecule has 0 spiro atoms. The van der Waals surface area contributed by atoms with Crippen LogP contribution < -0.4 is 10.6 Å². The molecule has 0 saturated carbocycles. The van der Waals surface area contributed by atoms with Crippen LogP contribution in [0.25, 0.3) is 0 Å². The van der Waals surface area contributed by atoms with Gasteiger partial charge in [-0.2, -0.15) is 0 Å². The van der Waals surface area contributed by atoms with Crippen molar-refractivity contribution in [3.63, 3.8) is 0 Å². The molecule has 6 heteroatoms. The van der Waals surface area contributed by atoms with Crippen LogP contribution in [-0.2, 0) is 4.74 Å². The van der Waals surface area contributed by atoms with Gasteiger partial charge in [0.05, 0.1) is 5.02 Å². The van der Waals surface area contributed by atoms with Crippen molar-refractivity contribution in [1.82, 2.24) is 10.6 Å². The van der Waals surface area contributed by atoms with Crippen molar-refractivity contribution in [3.05, 3.63) is 34.6 Å². The summed E-state index contributed by atoms with van der Waals surface area (Å²) in [5.74, 6) is -0.417. The minimum Gasteiger partial charge on any atom is -0.444 e. The van der Waals surface area contributed by atoms with E-state index in [-0.39, 0.29) is 11.1 Å². The van der Waals surface area contributed by atoms with Crippen LogP contribution in [0.2, 0.25) is 5.02 Å². The number of hydrogen-bond donors (Lipinski definition) is 2. The Kier molecular flexibility index (Phi) is 6.42. The Labute approximate surface area is 130 Å². The fourth-order valence-corrected chi connectivity index (χ4v) is 1.91. The summed E-state index contributed by atoms with van der Waals surface area (Å²) < 4.78 is 18.9. The summed E-state index contributed by atoms with van der Waals surface area (Å²) in [5, 5.41) is 5.85. The van der Waals surface area contributed by atoms with E-state index in [1.807, 2.05) is 6.92 Å². The predicted octanol–water partition coefficient (Wildman–Crippen LogP) is 3.65. The average Bonchev–Trinajstić information content (AvgIpc) is 2.35. The van der Waals surface area contributed by atoms with Crippen molar-refractivity contribution in [2.75, 3.05) is 13.1 Å². The Bertz CT molecular complexity index is 489. The molecule has 0 radical (unpaired) electrons. The second-order valence-corrected chi connectivity index (χ2v) is 6.15. The molecule has 0 aromatic heterocycles. The molecular formula is C15H22ClFN2O2. The number of carbonyl (C=O) groups excluding carboxylic acids is 1. The molecule has 0 aliphatic heterocycles. The molecule has 1 rings (SSSR count). The summed E-state index contributed by atoms with van der Waals surface area (Å²) >= 11 is 5.75. The molecule has 0 fully saturated rings. The smallest absolute Gasteiger partial charge is 0.407 e. The first-order valence-corrected chi connectivity index (χ1v) is 7.22. The third-order valence-electron chi connectivity index (χ3n) is 2.69. The Morgan fingerprint density at radius 3 is 2.67 bits per heavy atom. The number of carbonyl (C=O) groups is 1. The van der Waals surface area contributed by atoms with E-state index in [4.69, 9.17) is 16.3 Å². The molecule has 0 saturated heterocycles. The summed E-state index contributed by atoms with van der Waals surface area (Å²) in [5.41, 5.74) is -0.0193. The maximum Gasteiger partial charge on any atom is 0.407 e. The fourth-order valence-electron chi connectivity index (χ4n) is 1.73. The molecule has 1 aromatic rings. The lowest BCUT2D eigenvalue weighted by molar-refractivity contribution is 0.0528. The van der Waals surface area contributed by atoms with E-state index in [1.165, 1.54) is 6.07 Å². The van der Waals surface area contributed by atoms with Gasteiger partial charge in [0.25, 0.3) is 0 Å². The number of rotatable bonds is 5. The number of amides is 1. The number of hydrogen-bond acceptors (Lipinski definition) is 3. The van der Waals surface area contributed by atoms with E-state index in [0.29, 0.717) is 18.7 Å². The van der Waals surface area contributed by atoms with Crippen LogP contribution in [0.15, 0.2) is 18.2 Å². The third kappa shape index (κ3) is 6.31. The maximum atomic E-state index is 13.8. The Morgan fingerprint density at radius 1 is 1.38 bits per heavy atom. The highest BCUT2D eigenvalue weighted by atomic mass is 35.5. The molecule has 1 aromatic carbocycles. The van der Waals surface area contributed by atoms with E-state index in [1.54, 1.807) is 32.9 Å². The lowest BCUT2D eigenvalue weighted by atomic mass is 10.1. The van der Waals surface area contributed by atoms with Gasteiger partial charge in [-0.25, -0.2) is 9.18 Å². The molecule has 1 atom stereocenters. The monoisotopic (exact) mass is 316 g/mol. The molecule has 1 amide bonds. The Morgan fingerprint density at radius 2 is 2.05 bits per heavy atom. The van der Waals surface area contributed by atoms with Gasteiger partial charge in [0.2, 0.25) is 0 Å². The standard InChI is InChI=1S/C15H22ClFN2O2/c1-10(11-6-5-7-12(16)13(11)17)18-8-9-19-14(20)21-15(2,3)4/h5-7,10,18H,8-9H2,1-4H3,(H,19,20). The molecule has 2 N–H and O–H groups in total. The molecular weight excluding hydrogens is 295 g/mol. The lowest BCUT2D eigenvalue weighted by Gasteiger charge is -2.20. The second kappa shape index (κ2) is 7.61. The Balaban J connectivity index is 2.36. The molecule has 0 bridgehead atoms. The van der Waals surface area contributed by atoms with Crippen molar-refractivity contribution in [3.8, 4) is 0 Å². The van der Waals surface area contributed by atoms with Gasteiger partial charge < -0.3 is 15.4 Å². The summed E-state index contributed by atoms with van der Waals surface area (Å²) in [7, 11) is 0. The van der Waals surface area contributed by atoms with Crippen LogP contribution in [0, 0.1) is 5.82 Å². The zero-order valence-electron chi connectivity index (χ0n) is 12.8. The first-order chi connectivity index (χ1) is 9.70. The molecule has 0 aliphatic carbocycles. The van der Waals surface area contributed by atoms with Crippen molar-refractivity contribution >= 4 is 17.7 Å². The zero-order valence-corrected chi connectivity index (χ0v) is 13.6. The average molecular weight is 317 g/mol. The lowest BCUT2D eigenvalue weighted by Crippen LogP contribution is -2.37. The van der Waals surface area contributed by atoms with Crippen molar-refractivity contribution in [2.24, 2.45) is 0 Å². The van der Waals surface area contributed by atoms with Crippen LogP contribution >= 0.6 is 11.6 Å². The minimum absolute atomic E-state index is 0.105. The van der Waals surface area contributed by atoms with E-state index < -0.39 is 17.5 Å². The largest absolute Gasteiger partial charge is 0.444 e.